The first-order valence-corrected chi connectivity index (χ1v) is 7.60. The van der Waals surface area contributed by atoms with Crippen molar-refractivity contribution in [1.29, 1.82) is 0 Å². The maximum absolute atomic E-state index is 5.30. The first-order chi connectivity index (χ1) is 9.28. The van der Waals surface area contributed by atoms with E-state index in [4.69, 9.17) is 4.74 Å². The molecule has 0 aliphatic rings. The van der Waals surface area contributed by atoms with Gasteiger partial charge in [-0.2, -0.15) is 0 Å². The highest BCUT2D eigenvalue weighted by molar-refractivity contribution is 5.79. The molecule has 2 N–H and O–H groups in total. The zero-order valence-electron chi connectivity index (χ0n) is 13.2. The van der Waals surface area contributed by atoms with Gasteiger partial charge >= 0.3 is 0 Å². The van der Waals surface area contributed by atoms with Crippen LogP contribution in [0.3, 0.4) is 0 Å². The quantitative estimate of drug-likeness (QED) is 0.338. The minimum absolute atomic E-state index is 0.784. The molecule has 114 valence electrons. The van der Waals surface area contributed by atoms with E-state index >= 15 is 0 Å². The highest BCUT2D eigenvalue weighted by atomic mass is 16.5. The lowest BCUT2D eigenvalue weighted by Gasteiger charge is -2.19. The number of hydrogen-bond donors (Lipinski definition) is 2. The fourth-order valence-corrected chi connectivity index (χ4v) is 1.72. The largest absolute Gasteiger partial charge is 0.382 e. The summed E-state index contributed by atoms with van der Waals surface area (Å²) in [5.74, 6) is 0.908. The topological polar surface area (TPSA) is 48.9 Å². The molecule has 0 aromatic rings. The number of likely N-dealkylation sites (N-methyl/N-ethyl adjacent to an activating group) is 1. The smallest absolute Gasteiger partial charge is 0.191 e. The second kappa shape index (κ2) is 13.6. The van der Waals surface area contributed by atoms with Crippen molar-refractivity contribution in [1.82, 2.24) is 15.5 Å². The molecule has 0 radical (unpaired) electrons. The standard InChI is InChI=1S/C14H32N4O/c1-5-15-14(16-10-9-13-19-8-4)17-11-12-18(6-2)7-3/h5-13H2,1-4H3,(H2,15,16,17). The van der Waals surface area contributed by atoms with Gasteiger partial charge in [0.15, 0.2) is 5.96 Å². The van der Waals surface area contributed by atoms with Crippen LogP contribution in [0, 0.1) is 0 Å². The Hall–Kier alpha value is -0.810. The van der Waals surface area contributed by atoms with Gasteiger partial charge in [-0.1, -0.05) is 13.8 Å². The summed E-state index contributed by atoms with van der Waals surface area (Å²) in [4.78, 5) is 6.92. The molecule has 0 saturated heterocycles. The van der Waals surface area contributed by atoms with Gasteiger partial charge in [-0.05, 0) is 33.4 Å². The van der Waals surface area contributed by atoms with E-state index < -0.39 is 0 Å². The van der Waals surface area contributed by atoms with E-state index in [2.05, 4.69) is 41.3 Å². The summed E-state index contributed by atoms with van der Waals surface area (Å²) >= 11 is 0. The van der Waals surface area contributed by atoms with Crippen molar-refractivity contribution < 1.29 is 4.74 Å². The third-order valence-electron chi connectivity index (χ3n) is 2.88. The van der Waals surface area contributed by atoms with Crippen molar-refractivity contribution in [2.75, 3.05) is 52.5 Å². The van der Waals surface area contributed by atoms with Crippen molar-refractivity contribution in [2.45, 2.75) is 34.1 Å². The lowest BCUT2D eigenvalue weighted by Crippen LogP contribution is -2.41. The Morgan fingerprint density at radius 3 is 2.42 bits per heavy atom. The van der Waals surface area contributed by atoms with Crippen molar-refractivity contribution >= 4 is 5.96 Å². The molecule has 0 bridgehead atoms. The van der Waals surface area contributed by atoms with Crippen LogP contribution in [0.1, 0.15) is 34.1 Å². The fourth-order valence-electron chi connectivity index (χ4n) is 1.72. The van der Waals surface area contributed by atoms with Crippen molar-refractivity contribution in [3.8, 4) is 0 Å². The summed E-state index contributed by atoms with van der Waals surface area (Å²) in [6, 6.07) is 0. The van der Waals surface area contributed by atoms with Crippen LogP contribution >= 0.6 is 0 Å². The van der Waals surface area contributed by atoms with Crippen molar-refractivity contribution in [3.63, 3.8) is 0 Å². The first-order valence-electron chi connectivity index (χ1n) is 7.60. The monoisotopic (exact) mass is 272 g/mol. The molecule has 0 aliphatic heterocycles. The molecule has 0 spiro atoms. The molecule has 5 heteroatoms. The molecule has 0 aromatic heterocycles. The SMILES string of the molecule is CCNC(=NCCCOCC)NCCN(CC)CC. The van der Waals surface area contributed by atoms with Crippen LogP contribution in [0.5, 0.6) is 0 Å². The molecule has 0 amide bonds. The average molecular weight is 272 g/mol. The van der Waals surface area contributed by atoms with E-state index in [0.29, 0.717) is 0 Å². The number of aliphatic imine (C=N–C) groups is 1. The van der Waals surface area contributed by atoms with Crippen LogP contribution in [0.15, 0.2) is 4.99 Å². The molecule has 0 heterocycles. The molecular weight excluding hydrogens is 240 g/mol. The molecule has 0 unspecified atom stereocenters. The third kappa shape index (κ3) is 10.8. The highest BCUT2D eigenvalue weighted by Crippen LogP contribution is 1.86. The second-order valence-corrected chi connectivity index (χ2v) is 4.26. The first kappa shape index (κ1) is 18.2. The molecule has 0 saturated carbocycles. The van der Waals surface area contributed by atoms with Crippen LogP contribution < -0.4 is 10.6 Å². The van der Waals surface area contributed by atoms with E-state index in [-0.39, 0.29) is 0 Å². The van der Waals surface area contributed by atoms with Gasteiger partial charge in [0.2, 0.25) is 0 Å². The van der Waals surface area contributed by atoms with Gasteiger partial charge in [0, 0.05) is 39.4 Å². The van der Waals surface area contributed by atoms with Gasteiger partial charge in [0.1, 0.15) is 0 Å². The molecule has 0 aliphatic carbocycles. The number of rotatable bonds is 11. The molecular formula is C14H32N4O. The second-order valence-electron chi connectivity index (χ2n) is 4.26. The normalized spacial score (nSPS) is 11.9. The van der Waals surface area contributed by atoms with E-state index in [0.717, 1.165) is 64.9 Å². The van der Waals surface area contributed by atoms with Gasteiger partial charge in [-0.25, -0.2) is 0 Å². The molecule has 0 rings (SSSR count). The van der Waals surface area contributed by atoms with Crippen LogP contribution in [-0.4, -0.2) is 63.3 Å². The lowest BCUT2D eigenvalue weighted by molar-refractivity contribution is 0.146. The van der Waals surface area contributed by atoms with Crippen molar-refractivity contribution in [3.05, 3.63) is 0 Å². The zero-order valence-corrected chi connectivity index (χ0v) is 13.2. The zero-order chi connectivity index (χ0) is 14.3. The number of guanidine groups is 1. The molecule has 0 atom stereocenters. The Kier molecular flexibility index (Phi) is 13.0. The Morgan fingerprint density at radius 1 is 1.11 bits per heavy atom. The van der Waals surface area contributed by atoms with Gasteiger partial charge in [-0.15, -0.1) is 0 Å². The number of hydrogen-bond acceptors (Lipinski definition) is 3. The Balaban J connectivity index is 3.86. The van der Waals surface area contributed by atoms with Gasteiger partial charge < -0.3 is 20.3 Å². The Bertz CT molecular complexity index is 217. The summed E-state index contributed by atoms with van der Waals surface area (Å²) in [6.45, 7) is 15.9. The predicted molar refractivity (Wildman–Crippen MR) is 82.9 cm³/mol. The Morgan fingerprint density at radius 2 is 1.84 bits per heavy atom. The summed E-state index contributed by atoms with van der Waals surface area (Å²) < 4.78 is 5.30. The van der Waals surface area contributed by atoms with Gasteiger partial charge in [0.05, 0.1) is 0 Å². The average Bonchev–Trinajstić information content (AvgIpc) is 2.43. The van der Waals surface area contributed by atoms with Crippen LogP contribution in [0.4, 0.5) is 0 Å². The van der Waals surface area contributed by atoms with E-state index in [1.807, 2.05) is 6.92 Å². The molecule has 19 heavy (non-hydrogen) atoms. The maximum Gasteiger partial charge on any atom is 0.191 e. The molecule has 5 nitrogen and oxygen atoms in total. The lowest BCUT2D eigenvalue weighted by atomic mass is 10.4. The number of nitrogens with one attached hydrogen (secondary N) is 2. The summed E-state index contributed by atoms with van der Waals surface area (Å²) in [5, 5.41) is 6.63. The number of nitrogens with zero attached hydrogens (tertiary/aromatic N) is 2. The molecule has 0 fully saturated rings. The van der Waals surface area contributed by atoms with Gasteiger partial charge in [0.25, 0.3) is 0 Å². The minimum Gasteiger partial charge on any atom is -0.382 e. The highest BCUT2D eigenvalue weighted by Gasteiger charge is 2.00. The minimum atomic E-state index is 0.784. The van der Waals surface area contributed by atoms with Gasteiger partial charge in [-0.3, -0.25) is 4.99 Å². The van der Waals surface area contributed by atoms with E-state index in [9.17, 15) is 0 Å². The van der Waals surface area contributed by atoms with Crippen molar-refractivity contribution in [2.24, 2.45) is 4.99 Å². The summed E-state index contributed by atoms with van der Waals surface area (Å²) in [5.41, 5.74) is 0. The summed E-state index contributed by atoms with van der Waals surface area (Å²) in [6.07, 6.45) is 0.973. The third-order valence-corrected chi connectivity index (χ3v) is 2.88. The van der Waals surface area contributed by atoms with Crippen LogP contribution in [-0.2, 0) is 4.74 Å². The Labute approximate surface area is 118 Å². The van der Waals surface area contributed by atoms with E-state index in [1.54, 1.807) is 0 Å². The number of ether oxygens (including phenoxy) is 1. The van der Waals surface area contributed by atoms with E-state index in [1.165, 1.54) is 0 Å². The summed E-state index contributed by atoms with van der Waals surface area (Å²) in [7, 11) is 0. The maximum atomic E-state index is 5.30. The van der Waals surface area contributed by atoms with Crippen LogP contribution in [0.25, 0.3) is 0 Å². The predicted octanol–water partition coefficient (Wildman–Crippen LogP) is 1.31. The molecule has 0 aromatic carbocycles. The van der Waals surface area contributed by atoms with Crippen LogP contribution in [0.2, 0.25) is 0 Å². The fraction of sp³-hybridized carbons (Fsp3) is 0.929.